The number of ether oxygens (including phenoxy) is 1. The predicted molar refractivity (Wildman–Crippen MR) is 51.4 cm³/mol. The van der Waals surface area contributed by atoms with Gasteiger partial charge in [0.1, 0.15) is 5.60 Å². The molecule has 4 nitrogen and oxygen atoms in total. The fraction of sp³-hybridized carbons (Fsp3) is 0.556. The minimum absolute atomic E-state index is 0.226. The Bertz CT molecular complexity index is 269. The second kappa shape index (κ2) is 3.60. The summed E-state index contributed by atoms with van der Waals surface area (Å²) in [6.45, 7) is 6.04. The third kappa shape index (κ3) is 2.89. The van der Waals surface area contributed by atoms with Gasteiger partial charge in [-0.3, -0.25) is 0 Å². The van der Waals surface area contributed by atoms with Crippen LogP contribution in [0.5, 0.6) is 6.01 Å². The van der Waals surface area contributed by atoms with E-state index in [1.807, 2.05) is 13.8 Å². The highest BCUT2D eigenvalue weighted by Crippen LogP contribution is 2.16. The number of aromatic nitrogens is 2. The van der Waals surface area contributed by atoms with Gasteiger partial charge in [0.15, 0.2) is 0 Å². The molecule has 0 saturated heterocycles. The van der Waals surface area contributed by atoms with E-state index in [1.165, 1.54) is 12.4 Å². The van der Waals surface area contributed by atoms with Gasteiger partial charge in [-0.2, -0.15) is 0 Å². The molecule has 1 aromatic rings. The quantitative estimate of drug-likeness (QED) is 0.769. The van der Waals surface area contributed by atoms with Gasteiger partial charge < -0.3 is 10.5 Å². The van der Waals surface area contributed by atoms with E-state index >= 15 is 0 Å². The Morgan fingerprint density at radius 1 is 1.38 bits per heavy atom. The van der Waals surface area contributed by atoms with Gasteiger partial charge in [-0.25, -0.2) is 9.97 Å². The zero-order chi connectivity index (χ0) is 9.90. The molecule has 0 unspecified atom stereocenters. The summed E-state index contributed by atoms with van der Waals surface area (Å²) in [5.41, 5.74) is 5.76. The van der Waals surface area contributed by atoms with Gasteiger partial charge in [0.05, 0.1) is 18.1 Å². The Morgan fingerprint density at radius 2 is 1.92 bits per heavy atom. The normalized spacial score (nSPS) is 11.3. The molecular weight excluding hydrogens is 166 g/mol. The zero-order valence-corrected chi connectivity index (χ0v) is 8.24. The van der Waals surface area contributed by atoms with Crippen molar-refractivity contribution in [1.29, 1.82) is 0 Å². The maximum Gasteiger partial charge on any atom is 0.316 e. The first kappa shape index (κ1) is 9.77. The summed E-state index contributed by atoms with van der Waals surface area (Å²) in [4.78, 5) is 7.91. The van der Waals surface area contributed by atoms with Crippen molar-refractivity contribution in [3.8, 4) is 6.01 Å². The van der Waals surface area contributed by atoms with Crippen LogP contribution in [0.15, 0.2) is 12.4 Å². The van der Waals surface area contributed by atoms with Crippen molar-refractivity contribution in [2.75, 3.05) is 5.73 Å². The summed E-state index contributed by atoms with van der Waals surface area (Å²) in [7, 11) is 0. The average molecular weight is 181 g/mol. The summed E-state index contributed by atoms with van der Waals surface area (Å²) in [5, 5.41) is 0. The van der Waals surface area contributed by atoms with E-state index in [0.717, 1.165) is 6.42 Å². The first-order valence-corrected chi connectivity index (χ1v) is 4.30. The van der Waals surface area contributed by atoms with Crippen LogP contribution in [0.4, 0.5) is 5.69 Å². The van der Waals surface area contributed by atoms with Crippen LogP contribution in [0.3, 0.4) is 0 Å². The lowest BCUT2D eigenvalue weighted by atomic mass is 10.1. The van der Waals surface area contributed by atoms with Crippen LogP contribution in [-0.4, -0.2) is 15.6 Å². The van der Waals surface area contributed by atoms with Crippen molar-refractivity contribution < 1.29 is 4.74 Å². The molecule has 0 spiro atoms. The Kier molecular flexibility index (Phi) is 2.70. The molecule has 0 radical (unpaired) electrons. The molecule has 0 aliphatic heterocycles. The fourth-order valence-corrected chi connectivity index (χ4v) is 0.698. The van der Waals surface area contributed by atoms with Gasteiger partial charge in [-0.1, -0.05) is 6.92 Å². The monoisotopic (exact) mass is 181 g/mol. The molecule has 0 atom stereocenters. The van der Waals surface area contributed by atoms with Crippen LogP contribution in [0, 0.1) is 0 Å². The minimum Gasteiger partial charge on any atom is -0.457 e. The Hall–Kier alpha value is -1.32. The van der Waals surface area contributed by atoms with E-state index in [-0.39, 0.29) is 5.60 Å². The first-order chi connectivity index (χ1) is 6.03. The van der Waals surface area contributed by atoms with Gasteiger partial charge in [-0.15, -0.1) is 0 Å². The van der Waals surface area contributed by atoms with E-state index in [9.17, 15) is 0 Å². The van der Waals surface area contributed by atoms with E-state index in [4.69, 9.17) is 10.5 Å². The molecule has 1 rings (SSSR count). The molecule has 0 aliphatic rings. The number of rotatable bonds is 3. The van der Waals surface area contributed by atoms with Gasteiger partial charge in [0, 0.05) is 0 Å². The fourth-order valence-electron chi connectivity index (χ4n) is 0.698. The highest BCUT2D eigenvalue weighted by atomic mass is 16.5. The van der Waals surface area contributed by atoms with Crippen molar-refractivity contribution in [2.45, 2.75) is 32.8 Å². The summed E-state index contributed by atoms with van der Waals surface area (Å²) >= 11 is 0. The van der Waals surface area contributed by atoms with E-state index in [1.54, 1.807) is 0 Å². The van der Waals surface area contributed by atoms with Crippen LogP contribution < -0.4 is 10.5 Å². The SMILES string of the molecule is CCC(C)(C)Oc1ncc(N)cn1. The zero-order valence-electron chi connectivity index (χ0n) is 8.24. The number of nitrogens with two attached hydrogens (primary N) is 1. The number of hydrogen-bond donors (Lipinski definition) is 1. The molecular formula is C9H15N3O. The molecule has 13 heavy (non-hydrogen) atoms. The lowest BCUT2D eigenvalue weighted by Crippen LogP contribution is -2.27. The summed E-state index contributed by atoms with van der Waals surface area (Å²) in [5.74, 6) is 0. The minimum atomic E-state index is -0.226. The van der Waals surface area contributed by atoms with Gasteiger partial charge >= 0.3 is 6.01 Å². The summed E-state index contributed by atoms with van der Waals surface area (Å²) in [6.07, 6.45) is 3.98. The van der Waals surface area contributed by atoms with Gasteiger partial charge in [-0.05, 0) is 20.3 Å². The molecule has 0 fully saturated rings. The van der Waals surface area contributed by atoms with Crippen molar-refractivity contribution in [3.05, 3.63) is 12.4 Å². The van der Waals surface area contributed by atoms with Crippen LogP contribution in [0.1, 0.15) is 27.2 Å². The molecule has 1 heterocycles. The highest BCUT2D eigenvalue weighted by Gasteiger charge is 2.17. The van der Waals surface area contributed by atoms with E-state index < -0.39 is 0 Å². The summed E-state index contributed by atoms with van der Waals surface area (Å²) < 4.78 is 5.53. The van der Waals surface area contributed by atoms with Crippen LogP contribution in [0.25, 0.3) is 0 Å². The maximum atomic E-state index is 5.53. The lowest BCUT2D eigenvalue weighted by Gasteiger charge is -2.22. The molecule has 0 aliphatic carbocycles. The molecule has 72 valence electrons. The molecule has 0 amide bonds. The predicted octanol–water partition coefficient (Wildman–Crippen LogP) is 1.63. The highest BCUT2D eigenvalue weighted by molar-refractivity contribution is 5.30. The number of nitrogens with zero attached hydrogens (tertiary/aromatic N) is 2. The van der Waals surface area contributed by atoms with E-state index in [2.05, 4.69) is 16.9 Å². The number of hydrogen-bond acceptors (Lipinski definition) is 4. The average Bonchev–Trinajstić information content (AvgIpc) is 2.09. The second-order valence-corrected chi connectivity index (χ2v) is 3.51. The summed E-state index contributed by atoms with van der Waals surface area (Å²) in [6, 6.07) is 0.376. The first-order valence-electron chi connectivity index (χ1n) is 4.30. The second-order valence-electron chi connectivity index (χ2n) is 3.51. The Morgan fingerprint density at radius 3 is 2.38 bits per heavy atom. The van der Waals surface area contributed by atoms with Crippen molar-refractivity contribution in [2.24, 2.45) is 0 Å². The Labute approximate surface area is 78.1 Å². The molecule has 0 bridgehead atoms. The molecule has 0 aromatic carbocycles. The largest absolute Gasteiger partial charge is 0.457 e. The lowest BCUT2D eigenvalue weighted by molar-refractivity contribution is 0.0925. The Balaban J connectivity index is 2.69. The van der Waals surface area contributed by atoms with Crippen molar-refractivity contribution >= 4 is 5.69 Å². The third-order valence-electron chi connectivity index (χ3n) is 1.87. The number of nitrogen functional groups attached to an aromatic ring is 1. The molecule has 4 heteroatoms. The number of anilines is 1. The smallest absolute Gasteiger partial charge is 0.316 e. The topological polar surface area (TPSA) is 61.0 Å². The standard InChI is InChI=1S/C9H15N3O/c1-4-9(2,3)13-8-11-5-7(10)6-12-8/h5-6H,4,10H2,1-3H3. The van der Waals surface area contributed by atoms with Crippen molar-refractivity contribution in [3.63, 3.8) is 0 Å². The maximum absolute atomic E-state index is 5.53. The van der Waals surface area contributed by atoms with Crippen LogP contribution >= 0.6 is 0 Å². The van der Waals surface area contributed by atoms with E-state index in [0.29, 0.717) is 11.7 Å². The molecule has 0 saturated carbocycles. The van der Waals surface area contributed by atoms with Gasteiger partial charge in [0.2, 0.25) is 0 Å². The third-order valence-corrected chi connectivity index (χ3v) is 1.87. The van der Waals surface area contributed by atoms with Crippen molar-refractivity contribution in [1.82, 2.24) is 9.97 Å². The van der Waals surface area contributed by atoms with Gasteiger partial charge in [0.25, 0.3) is 0 Å². The molecule has 1 aromatic heterocycles. The van der Waals surface area contributed by atoms with Crippen LogP contribution in [0.2, 0.25) is 0 Å². The van der Waals surface area contributed by atoms with Crippen LogP contribution in [-0.2, 0) is 0 Å². The molecule has 2 N–H and O–H groups in total.